The van der Waals surface area contributed by atoms with E-state index in [-0.39, 0.29) is 11.9 Å². The number of hydrogen-bond acceptors (Lipinski definition) is 5. The molecule has 0 radical (unpaired) electrons. The molecule has 1 aromatic heterocycles. The Morgan fingerprint density at radius 2 is 1.92 bits per heavy atom. The molecule has 0 spiro atoms. The van der Waals surface area contributed by atoms with Crippen molar-refractivity contribution in [1.82, 2.24) is 9.97 Å². The van der Waals surface area contributed by atoms with Crippen molar-refractivity contribution in [3.05, 3.63) is 54.3 Å². The Morgan fingerprint density at radius 1 is 1.08 bits per heavy atom. The summed E-state index contributed by atoms with van der Waals surface area (Å²) in [7, 11) is 0. The third kappa shape index (κ3) is 3.53. The lowest BCUT2D eigenvalue weighted by atomic mass is 10.2. The summed E-state index contributed by atoms with van der Waals surface area (Å²) in [5, 5.41) is 7.25. The monoisotopic (exact) mass is 338 g/mol. The molecule has 1 saturated heterocycles. The molecular weight excluding hydrogens is 319 g/mol. The quantitative estimate of drug-likeness (QED) is 0.733. The Bertz CT molecular complexity index is 880. The molecule has 0 aliphatic carbocycles. The third-order valence-corrected chi connectivity index (χ3v) is 4.24. The Kier molecular flexibility index (Phi) is 4.43. The maximum absolute atomic E-state index is 13.9. The predicted molar refractivity (Wildman–Crippen MR) is 96.7 cm³/mol. The van der Waals surface area contributed by atoms with E-state index in [4.69, 9.17) is 4.74 Å². The molecule has 1 atom stereocenters. The van der Waals surface area contributed by atoms with Crippen LogP contribution in [0.4, 0.5) is 21.8 Å². The van der Waals surface area contributed by atoms with Crippen LogP contribution in [-0.4, -0.2) is 29.2 Å². The second-order valence-electron chi connectivity index (χ2n) is 6.03. The first kappa shape index (κ1) is 15.8. The highest BCUT2D eigenvalue weighted by Gasteiger charge is 2.16. The molecule has 0 saturated carbocycles. The van der Waals surface area contributed by atoms with Gasteiger partial charge < -0.3 is 15.4 Å². The summed E-state index contributed by atoms with van der Waals surface area (Å²) < 4.78 is 19.5. The van der Waals surface area contributed by atoms with Crippen molar-refractivity contribution in [3.8, 4) is 0 Å². The second kappa shape index (κ2) is 7.03. The molecule has 1 aliphatic heterocycles. The molecule has 0 unspecified atom stereocenters. The normalized spacial score (nSPS) is 16.9. The zero-order valence-corrected chi connectivity index (χ0v) is 13.7. The van der Waals surface area contributed by atoms with Crippen LogP contribution in [0.15, 0.2) is 48.5 Å². The fourth-order valence-corrected chi connectivity index (χ4v) is 2.97. The Labute approximate surface area is 145 Å². The van der Waals surface area contributed by atoms with Gasteiger partial charge in [-0.1, -0.05) is 24.3 Å². The van der Waals surface area contributed by atoms with Gasteiger partial charge in [-0.05, 0) is 37.1 Å². The lowest BCUT2D eigenvalue weighted by Crippen LogP contribution is -2.19. The maximum atomic E-state index is 13.9. The molecule has 4 rings (SSSR count). The third-order valence-electron chi connectivity index (χ3n) is 4.24. The van der Waals surface area contributed by atoms with E-state index in [1.54, 1.807) is 18.2 Å². The van der Waals surface area contributed by atoms with Crippen molar-refractivity contribution in [3.63, 3.8) is 0 Å². The zero-order chi connectivity index (χ0) is 17.1. The Hall–Kier alpha value is -2.73. The molecule has 6 heteroatoms. The van der Waals surface area contributed by atoms with Crippen molar-refractivity contribution >= 4 is 28.4 Å². The minimum atomic E-state index is -0.340. The van der Waals surface area contributed by atoms with E-state index in [2.05, 4.69) is 20.6 Å². The molecule has 2 heterocycles. The fraction of sp³-hybridized carbons (Fsp3) is 0.263. The molecule has 0 bridgehead atoms. The van der Waals surface area contributed by atoms with E-state index in [0.29, 0.717) is 18.2 Å². The highest BCUT2D eigenvalue weighted by atomic mass is 19.1. The van der Waals surface area contributed by atoms with Crippen LogP contribution in [-0.2, 0) is 4.74 Å². The minimum Gasteiger partial charge on any atom is -0.376 e. The molecule has 25 heavy (non-hydrogen) atoms. The van der Waals surface area contributed by atoms with Crippen LogP contribution in [0.25, 0.3) is 10.9 Å². The number of aromatic nitrogens is 2. The van der Waals surface area contributed by atoms with Crippen LogP contribution < -0.4 is 10.6 Å². The van der Waals surface area contributed by atoms with Gasteiger partial charge in [-0.3, -0.25) is 0 Å². The van der Waals surface area contributed by atoms with Gasteiger partial charge in [-0.15, -0.1) is 0 Å². The topological polar surface area (TPSA) is 59.1 Å². The van der Waals surface area contributed by atoms with Gasteiger partial charge in [0.05, 0.1) is 17.3 Å². The standard InChI is InChI=1S/C19H19FN4O/c20-15-8-2-4-10-17(15)23-19-22-16-9-3-1-7-14(16)18(24-19)21-12-13-6-5-11-25-13/h1-4,7-10,13H,5-6,11-12H2,(H2,21,22,23,24)/t13-/m1/s1. The molecule has 1 fully saturated rings. The van der Waals surface area contributed by atoms with E-state index in [9.17, 15) is 4.39 Å². The lowest BCUT2D eigenvalue weighted by molar-refractivity contribution is 0.120. The number of ether oxygens (including phenoxy) is 1. The average Bonchev–Trinajstić information content (AvgIpc) is 3.15. The molecule has 0 amide bonds. The van der Waals surface area contributed by atoms with Gasteiger partial charge in [0, 0.05) is 18.5 Å². The summed E-state index contributed by atoms with van der Waals surface area (Å²) in [6, 6.07) is 14.2. The number of para-hydroxylation sites is 2. The van der Waals surface area contributed by atoms with Gasteiger partial charge in [-0.2, -0.15) is 4.98 Å². The van der Waals surface area contributed by atoms with Gasteiger partial charge in [-0.25, -0.2) is 9.37 Å². The number of nitrogens with one attached hydrogen (secondary N) is 2. The van der Waals surface area contributed by atoms with Gasteiger partial charge in [0.25, 0.3) is 0 Å². The van der Waals surface area contributed by atoms with Crippen molar-refractivity contribution in [2.45, 2.75) is 18.9 Å². The number of benzene rings is 2. The van der Waals surface area contributed by atoms with Crippen LogP contribution >= 0.6 is 0 Å². The molecule has 1 aliphatic rings. The molecule has 2 N–H and O–H groups in total. The highest BCUT2D eigenvalue weighted by molar-refractivity contribution is 5.90. The number of nitrogens with zero attached hydrogens (tertiary/aromatic N) is 2. The lowest BCUT2D eigenvalue weighted by Gasteiger charge is -2.14. The number of halogens is 1. The summed E-state index contributed by atoms with van der Waals surface area (Å²) in [6.45, 7) is 1.51. The maximum Gasteiger partial charge on any atom is 0.229 e. The average molecular weight is 338 g/mol. The Balaban J connectivity index is 1.64. The largest absolute Gasteiger partial charge is 0.376 e. The van der Waals surface area contributed by atoms with E-state index in [0.717, 1.165) is 36.2 Å². The van der Waals surface area contributed by atoms with Crippen molar-refractivity contribution in [2.75, 3.05) is 23.8 Å². The number of anilines is 3. The van der Waals surface area contributed by atoms with E-state index < -0.39 is 0 Å². The summed E-state index contributed by atoms with van der Waals surface area (Å²) in [5.41, 5.74) is 1.15. The van der Waals surface area contributed by atoms with Crippen LogP contribution in [0.3, 0.4) is 0 Å². The summed E-state index contributed by atoms with van der Waals surface area (Å²) >= 11 is 0. The molecule has 3 aromatic rings. The SMILES string of the molecule is Fc1ccccc1Nc1nc(NC[C@H]2CCCO2)c2ccccc2n1. The molecule has 5 nitrogen and oxygen atoms in total. The van der Waals surface area contributed by atoms with Crippen molar-refractivity contribution < 1.29 is 9.13 Å². The fourth-order valence-electron chi connectivity index (χ4n) is 2.97. The van der Waals surface area contributed by atoms with E-state index in [1.165, 1.54) is 6.07 Å². The molecule has 2 aromatic carbocycles. The first-order valence-corrected chi connectivity index (χ1v) is 8.43. The highest BCUT2D eigenvalue weighted by Crippen LogP contribution is 2.25. The van der Waals surface area contributed by atoms with E-state index >= 15 is 0 Å². The van der Waals surface area contributed by atoms with Crippen LogP contribution in [0.1, 0.15) is 12.8 Å². The van der Waals surface area contributed by atoms with Gasteiger partial charge >= 0.3 is 0 Å². The number of rotatable bonds is 5. The summed E-state index contributed by atoms with van der Waals surface area (Å²) in [4.78, 5) is 9.03. The van der Waals surface area contributed by atoms with Gasteiger partial charge in [0.2, 0.25) is 5.95 Å². The summed E-state index contributed by atoms with van der Waals surface area (Å²) in [5.74, 6) is 0.742. The smallest absolute Gasteiger partial charge is 0.229 e. The van der Waals surface area contributed by atoms with Crippen LogP contribution in [0, 0.1) is 5.82 Å². The zero-order valence-electron chi connectivity index (χ0n) is 13.7. The minimum absolute atomic E-state index is 0.205. The van der Waals surface area contributed by atoms with Crippen molar-refractivity contribution in [2.24, 2.45) is 0 Å². The van der Waals surface area contributed by atoms with Gasteiger partial charge in [0.15, 0.2) is 0 Å². The predicted octanol–water partition coefficient (Wildman–Crippen LogP) is 4.10. The number of hydrogen-bond donors (Lipinski definition) is 2. The Morgan fingerprint density at radius 3 is 2.76 bits per heavy atom. The summed E-state index contributed by atoms with van der Waals surface area (Å²) in [6.07, 6.45) is 2.35. The number of fused-ring (bicyclic) bond motifs is 1. The molecular formula is C19H19FN4O. The second-order valence-corrected chi connectivity index (χ2v) is 6.03. The van der Waals surface area contributed by atoms with Gasteiger partial charge in [0.1, 0.15) is 11.6 Å². The first-order chi connectivity index (χ1) is 12.3. The van der Waals surface area contributed by atoms with Crippen molar-refractivity contribution in [1.29, 1.82) is 0 Å². The first-order valence-electron chi connectivity index (χ1n) is 8.43. The van der Waals surface area contributed by atoms with Crippen LogP contribution in [0.5, 0.6) is 0 Å². The van der Waals surface area contributed by atoms with Crippen LogP contribution in [0.2, 0.25) is 0 Å². The molecule has 128 valence electrons. The van der Waals surface area contributed by atoms with E-state index in [1.807, 2.05) is 24.3 Å².